The molecule has 0 amide bonds. The molecule has 0 aromatic heterocycles. The Labute approximate surface area is 97.1 Å². The molecule has 0 spiro atoms. The van der Waals surface area contributed by atoms with Gasteiger partial charge in [-0.25, -0.2) is 0 Å². The maximum atomic E-state index is 12.5. The van der Waals surface area contributed by atoms with Crippen LogP contribution in [0.25, 0.3) is 0 Å². The molecule has 0 radical (unpaired) electrons. The summed E-state index contributed by atoms with van der Waals surface area (Å²) in [5.74, 6) is 0.000826. The van der Waals surface area contributed by atoms with Gasteiger partial charge in [-0.3, -0.25) is 0 Å². The summed E-state index contributed by atoms with van der Waals surface area (Å²) >= 11 is 13.8. The quantitative estimate of drug-likeness (QED) is 0.650. The van der Waals surface area contributed by atoms with Gasteiger partial charge in [0.15, 0.2) is 0 Å². The second kappa shape index (κ2) is 4.29. The molecule has 0 aliphatic heterocycles. The summed E-state index contributed by atoms with van der Waals surface area (Å²) in [6.07, 6.45) is -4.47. The summed E-state index contributed by atoms with van der Waals surface area (Å²) < 4.78 is 37.3. The van der Waals surface area contributed by atoms with E-state index in [0.29, 0.717) is 5.56 Å². The molecule has 0 atom stereocenters. The first-order chi connectivity index (χ1) is 6.38. The zero-order valence-corrected chi connectivity index (χ0v) is 9.73. The maximum Gasteiger partial charge on any atom is 0.418 e. The van der Waals surface area contributed by atoms with Gasteiger partial charge >= 0.3 is 6.18 Å². The van der Waals surface area contributed by atoms with Gasteiger partial charge in [0, 0.05) is 10.4 Å². The molecule has 1 aromatic carbocycles. The Morgan fingerprint density at radius 1 is 1.29 bits per heavy atom. The third kappa shape index (κ3) is 2.35. The standard InChI is InChI=1S/C8H4BrCl2F3/c9-7-4(3-10)1-2-5(11)6(7)8(12,13)14/h1-2H,3H2. The van der Waals surface area contributed by atoms with Crippen molar-refractivity contribution in [1.82, 2.24) is 0 Å². The van der Waals surface area contributed by atoms with Crippen LogP contribution < -0.4 is 0 Å². The zero-order valence-electron chi connectivity index (χ0n) is 6.63. The summed E-state index contributed by atoms with van der Waals surface area (Å²) in [6, 6.07) is 2.64. The molecular weight excluding hydrogens is 304 g/mol. The van der Waals surface area contributed by atoms with Gasteiger partial charge in [0.25, 0.3) is 0 Å². The third-order valence-electron chi connectivity index (χ3n) is 1.60. The highest BCUT2D eigenvalue weighted by Crippen LogP contribution is 2.41. The van der Waals surface area contributed by atoms with Crippen molar-refractivity contribution in [2.24, 2.45) is 0 Å². The van der Waals surface area contributed by atoms with Crippen molar-refractivity contribution in [2.75, 3.05) is 0 Å². The fourth-order valence-electron chi connectivity index (χ4n) is 0.959. The van der Waals surface area contributed by atoms with Crippen LogP contribution in [0, 0.1) is 0 Å². The summed E-state index contributed by atoms with van der Waals surface area (Å²) in [7, 11) is 0. The highest BCUT2D eigenvalue weighted by Gasteiger charge is 2.36. The molecule has 0 bridgehead atoms. The van der Waals surface area contributed by atoms with Gasteiger partial charge < -0.3 is 0 Å². The Morgan fingerprint density at radius 2 is 1.86 bits per heavy atom. The normalized spacial score (nSPS) is 11.9. The van der Waals surface area contributed by atoms with Gasteiger partial charge in [0.05, 0.1) is 10.6 Å². The molecule has 0 saturated heterocycles. The van der Waals surface area contributed by atoms with Crippen molar-refractivity contribution in [1.29, 1.82) is 0 Å². The van der Waals surface area contributed by atoms with Crippen LogP contribution in [-0.4, -0.2) is 0 Å². The van der Waals surface area contributed by atoms with Gasteiger partial charge in [0.2, 0.25) is 0 Å². The minimum absolute atomic E-state index is 0.000826. The molecule has 0 unspecified atom stereocenters. The minimum Gasteiger partial charge on any atom is -0.166 e. The van der Waals surface area contributed by atoms with E-state index in [1.165, 1.54) is 12.1 Å². The van der Waals surface area contributed by atoms with Crippen LogP contribution >= 0.6 is 39.1 Å². The number of rotatable bonds is 1. The van der Waals surface area contributed by atoms with Crippen LogP contribution in [0.4, 0.5) is 13.2 Å². The summed E-state index contributed by atoms with van der Waals surface area (Å²) in [5.41, 5.74) is -0.513. The van der Waals surface area contributed by atoms with Gasteiger partial charge in [-0.2, -0.15) is 13.2 Å². The van der Waals surface area contributed by atoms with Crippen LogP contribution in [0.1, 0.15) is 11.1 Å². The Morgan fingerprint density at radius 3 is 2.29 bits per heavy atom. The molecule has 0 aliphatic rings. The number of hydrogen-bond acceptors (Lipinski definition) is 0. The predicted molar refractivity (Wildman–Crippen MR) is 53.7 cm³/mol. The molecule has 14 heavy (non-hydrogen) atoms. The highest BCUT2D eigenvalue weighted by atomic mass is 79.9. The van der Waals surface area contributed by atoms with Crippen molar-refractivity contribution in [2.45, 2.75) is 12.1 Å². The molecule has 0 heterocycles. The van der Waals surface area contributed by atoms with Crippen molar-refractivity contribution < 1.29 is 13.2 Å². The zero-order chi connectivity index (χ0) is 10.9. The Balaban J connectivity index is 3.40. The maximum absolute atomic E-state index is 12.5. The van der Waals surface area contributed by atoms with Gasteiger partial charge in [0.1, 0.15) is 0 Å². The van der Waals surface area contributed by atoms with E-state index in [1.807, 2.05) is 0 Å². The second-order valence-electron chi connectivity index (χ2n) is 2.53. The van der Waals surface area contributed by atoms with Crippen LogP contribution in [0.5, 0.6) is 0 Å². The average molecular weight is 308 g/mol. The Bertz CT molecular complexity index is 349. The number of alkyl halides is 4. The monoisotopic (exact) mass is 306 g/mol. The van der Waals surface area contributed by atoms with E-state index in [9.17, 15) is 13.2 Å². The molecular formula is C8H4BrCl2F3. The smallest absolute Gasteiger partial charge is 0.166 e. The summed E-state index contributed by atoms with van der Waals surface area (Å²) in [5, 5.41) is -0.335. The van der Waals surface area contributed by atoms with Crippen molar-refractivity contribution >= 4 is 39.1 Å². The first-order valence-corrected chi connectivity index (χ1v) is 5.18. The number of hydrogen-bond donors (Lipinski definition) is 0. The second-order valence-corrected chi connectivity index (χ2v) is 3.99. The topological polar surface area (TPSA) is 0 Å². The minimum atomic E-state index is -4.47. The van der Waals surface area contributed by atoms with Gasteiger partial charge in [-0.15, -0.1) is 11.6 Å². The van der Waals surface area contributed by atoms with Crippen molar-refractivity contribution in [3.63, 3.8) is 0 Å². The molecule has 0 saturated carbocycles. The Kier molecular flexibility index (Phi) is 3.72. The lowest BCUT2D eigenvalue weighted by Gasteiger charge is -2.13. The lowest BCUT2D eigenvalue weighted by atomic mass is 10.1. The summed E-state index contributed by atoms with van der Waals surface area (Å²) in [4.78, 5) is 0. The van der Waals surface area contributed by atoms with E-state index in [-0.39, 0.29) is 15.4 Å². The molecule has 1 aromatic rings. The van der Waals surface area contributed by atoms with Crippen molar-refractivity contribution in [3.05, 3.63) is 32.8 Å². The lowest BCUT2D eigenvalue weighted by Crippen LogP contribution is -2.08. The van der Waals surface area contributed by atoms with Gasteiger partial charge in [-0.05, 0) is 27.6 Å². The lowest BCUT2D eigenvalue weighted by molar-refractivity contribution is -0.138. The molecule has 0 fully saturated rings. The number of benzene rings is 1. The number of halogens is 6. The summed E-state index contributed by atoms with van der Waals surface area (Å²) in [6.45, 7) is 0. The highest BCUT2D eigenvalue weighted by molar-refractivity contribution is 9.10. The van der Waals surface area contributed by atoms with E-state index in [1.54, 1.807) is 0 Å². The fourth-order valence-corrected chi connectivity index (χ4v) is 2.43. The van der Waals surface area contributed by atoms with Crippen LogP contribution in [0.3, 0.4) is 0 Å². The van der Waals surface area contributed by atoms with Crippen LogP contribution in [0.2, 0.25) is 5.02 Å². The Hall–Kier alpha value is 0.0700. The first-order valence-electron chi connectivity index (χ1n) is 3.48. The molecule has 78 valence electrons. The fraction of sp³-hybridized carbons (Fsp3) is 0.250. The molecule has 0 aliphatic carbocycles. The van der Waals surface area contributed by atoms with E-state index in [2.05, 4.69) is 15.9 Å². The van der Waals surface area contributed by atoms with Gasteiger partial charge in [-0.1, -0.05) is 17.7 Å². The first kappa shape index (κ1) is 12.1. The van der Waals surface area contributed by atoms with E-state index in [4.69, 9.17) is 23.2 Å². The van der Waals surface area contributed by atoms with Crippen LogP contribution in [-0.2, 0) is 12.1 Å². The largest absolute Gasteiger partial charge is 0.418 e. The van der Waals surface area contributed by atoms with E-state index < -0.39 is 11.7 Å². The average Bonchev–Trinajstić information content (AvgIpc) is 2.02. The van der Waals surface area contributed by atoms with E-state index >= 15 is 0 Å². The molecule has 0 nitrogen and oxygen atoms in total. The molecule has 1 rings (SSSR count). The van der Waals surface area contributed by atoms with Crippen LogP contribution in [0.15, 0.2) is 16.6 Å². The van der Waals surface area contributed by atoms with E-state index in [0.717, 1.165) is 0 Å². The SMILES string of the molecule is FC(F)(F)c1c(Cl)ccc(CCl)c1Br. The third-order valence-corrected chi connectivity index (χ3v) is 3.11. The van der Waals surface area contributed by atoms with Crippen molar-refractivity contribution in [3.8, 4) is 0 Å². The molecule has 0 N–H and O–H groups in total. The predicted octanol–water partition coefficient (Wildman–Crippen LogP) is 4.86. The molecule has 6 heteroatoms.